The van der Waals surface area contributed by atoms with Crippen LogP contribution in [0.25, 0.3) is 0 Å². The molecule has 0 spiro atoms. The molecule has 0 amide bonds. The van der Waals surface area contributed by atoms with E-state index in [1.807, 2.05) is 6.07 Å². The van der Waals surface area contributed by atoms with Gasteiger partial charge >= 0.3 is 0 Å². The van der Waals surface area contributed by atoms with Crippen molar-refractivity contribution in [1.82, 2.24) is 4.98 Å². The fourth-order valence-electron chi connectivity index (χ4n) is 0.497. The molecule has 50 valence electrons. The molecule has 0 atom stereocenters. The average Bonchev–Trinajstić information content (AvgIpc) is 1.95. The summed E-state index contributed by atoms with van der Waals surface area (Å²) in [4.78, 5) is 3.51. The summed E-state index contributed by atoms with van der Waals surface area (Å²) < 4.78 is 12.9. The Bertz CT molecular complexity index is 292. The summed E-state index contributed by atoms with van der Waals surface area (Å²) in [7, 11) is 0. The van der Waals surface area contributed by atoms with Crippen molar-refractivity contribution < 1.29 is 4.39 Å². The zero-order valence-electron chi connectivity index (χ0n) is 4.81. The molecular weight excluding hydrogens is 246 g/mol. The van der Waals surface area contributed by atoms with Gasteiger partial charge in [-0.2, -0.15) is 5.26 Å². The van der Waals surface area contributed by atoms with Crippen molar-refractivity contribution in [2.24, 2.45) is 0 Å². The molecule has 1 aromatic rings. The van der Waals surface area contributed by atoms with Crippen LogP contribution >= 0.6 is 22.6 Å². The highest BCUT2D eigenvalue weighted by Crippen LogP contribution is 2.12. The molecule has 10 heavy (non-hydrogen) atoms. The Balaban J connectivity index is 3.31. The second kappa shape index (κ2) is 2.92. The third-order valence-electron chi connectivity index (χ3n) is 0.958. The summed E-state index contributed by atoms with van der Waals surface area (Å²) in [6, 6.07) is 1.83. The average molecular weight is 248 g/mol. The zero-order chi connectivity index (χ0) is 7.56. The van der Waals surface area contributed by atoms with Crippen LogP contribution in [-0.4, -0.2) is 4.98 Å². The van der Waals surface area contributed by atoms with E-state index in [1.54, 1.807) is 22.6 Å². The molecular formula is C6H2FIN2. The van der Waals surface area contributed by atoms with E-state index < -0.39 is 5.82 Å². The largest absolute Gasteiger partial charge is 0.260 e. The molecule has 0 bridgehead atoms. The summed E-state index contributed by atoms with van der Waals surface area (Å²) in [5, 5.41) is 8.38. The number of pyridine rings is 1. The van der Waals surface area contributed by atoms with Gasteiger partial charge in [0.25, 0.3) is 0 Å². The van der Waals surface area contributed by atoms with Gasteiger partial charge in [-0.25, -0.2) is 4.39 Å². The van der Waals surface area contributed by atoms with Gasteiger partial charge in [0.15, 0.2) is 5.82 Å². The van der Waals surface area contributed by atoms with Crippen molar-refractivity contribution in [2.75, 3.05) is 0 Å². The molecule has 1 heterocycles. The Morgan fingerprint density at radius 1 is 1.60 bits per heavy atom. The molecule has 1 rings (SSSR count). The molecule has 0 unspecified atom stereocenters. The van der Waals surface area contributed by atoms with Gasteiger partial charge in [0.2, 0.25) is 0 Å². The lowest BCUT2D eigenvalue weighted by Crippen LogP contribution is -1.88. The van der Waals surface area contributed by atoms with E-state index in [0.717, 1.165) is 6.20 Å². The number of halogens is 2. The molecule has 4 heteroatoms. The number of hydrogen-bond donors (Lipinski definition) is 0. The minimum Gasteiger partial charge on any atom is -0.260 e. The van der Waals surface area contributed by atoms with Gasteiger partial charge < -0.3 is 0 Å². The Morgan fingerprint density at radius 3 is 2.80 bits per heavy atom. The Morgan fingerprint density at radius 2 is 2.30 bits per heavy atom. The van der Waals surface area contributed by atoms with E-state index in [9.17, 15) is 4.39 Å². The minimum atomic E-state index is -0.445. The first-order valence-corrected chi connectivity index (χ1v) is 3.52. The monoisotopic (exact) mass is 248 g/mol. The van der Waals surface area contributed by atoms with Crippen molar-refractivity contribution in [3.63, 3.8) is 0 Å². The molecule has 0 N–H and O–H groups in total. The van der Waals surface area contributed by atoms with Gasteiger partial charge in [-0.15, -0.1) is 0 Å². The predicted molar refractivity (Wildman–Crippen MR) is 41.6 cm³/mol. The van der Waals surface area contributed by atoms with Crippen LogP contribution in [0.2, 0.25) is 0 Å². The van der Waals surface area contributed by atoms with Crippen molar-refractivity contribution in [3.8, 4) is 6.07 Å². The smallest absolute Gasteiger partial charge is 0.156 e. The normalized spacial score (nSPS) is 8.90. The maximum atomic E-state index is 12.5. The number of aromatic nitrogens is 1. The van der Waals surface area contributed by atoms with E-state index in [1.165, 1.54) is 6.20 Å². The Labute approximate surface area is 70.8 Å². The van der Waals surface area contributed by atoms with E-state index in [4.69, 9.17) is 5.26 Å². The van der Waals surface area contributed by atoms with Crippen molar-refractivity contribution >= 4 is 22.6 Å². The Kier molecular flexibility index (Phi) is 2.17. The maximum Gasteiger partial charge on any atom is 0.156 e. The lowest BCUT2D eigenvalue weighted by molar-refractivity contribution is 0.613. The predicted octanol–water partition coefficient (Wildman–Crippen LogP) is 1.70. The zero-order valence-corrected chi connectivity index (χ0v) is 6.96. The highest BCUT2D eigenvalue weighted by molar-refractivity contribution is 14.1. The minimum absolute atomic E-state index is 0.278. The summed E-state index contributed by atoms with van der Waals surface area (Å²) in [5.74, 6) is -0.445. The first kappa shape index (κ1) is 7.41. The van der Waals surface area contributed by atoms with Gasteiger partial charge in [0.1, 0.15) is 6.07 Å². The second-order valence-corrected chi connectivity index (χ2v) is 2.67. The van der Waals surface area contributed by atoms with Crippen LogP contribution in [0.1, 0.15) is 5.56 Å². The lowest BCUT2D eigenvalue weighted by Gasteiger charge is -1.92. The molecule has 2 nitrogen and oxygen atoms in total. The van der Waals surface area contributed by atoms with Crippen LogP contribution in [0.15, 0.2) is 12.4 Å². The van der Waals surface area contributed by atoms with Crippen LogP contribution in [-0.2, 0) is 0 Å². The number of nitrogens with zero attached hydrogens (tertiary/aromatic N) is 2. The Hall–Kier alpha value is -0.700. The molecule has 0 aliphatic rings. The summed E-state index contributed by atoms with van der Waals surface area (Å²) in [6.45, 7) is 0. The molecule has 0 aliphatic heterocycles. The van der Waals surface area contributed by atoms with Crippen LogP contribution < -0.4 is 0 Å². The fourth-order valence-corrected chi connectivity index (χ4v) is 0.896. The topological polar surface area (TPSA) is 36.7 Å². The van der Waals surface area contributed by atoms with Gasteiger partial charge in [0.05, 0.1) is 15.3 Å². The van der Waals surface area contributed by atoms with E-state index in [0.29, 0.717) is 3.57 Å². The van der Waals surface area contributed by atoms with Crippen LogP contribution in [0.3, 0.4) is 0 Å². The number of hydrogen-bond acceptors (Lipinski definition) is 2. The molecule has 0 aromatic carbocycles. The van der Waals surface area contributed by atoms with Gasteiger partial charge in [-0.05, 0) is 22.6 Å². The van der Waals surface area contributed by atoms with E-state index >= 15 is 0 Å². The quantitative estimate of drug-likeness (QED) is 0.655. The SMILES string of the molecule is N#Cc1cncc(F)c1I. The van der Waals surface area contributed by atoms with E-state index in [-0.39, 0.29) is 5.56 Å². The fraction of sp³-hybridized carbons (Fsp3) is 0. The van der Waals surface area contributed by atoms with Crippen LogP contribution in [0, 0.1) is 20.7 Å². The molecule has 0 saturated carbocycles. The molecule has 0 saturated heterocycles. The highest BCUT2D eigenvalue weighted by atomic mass is 127. The van der Waals surface area contributed by atoms with Crippen molar-refractivity contribution in [2.45, 2.75) is 0 Å². The van der Waals surface area contributed by atoms with Crippen LogP contribution in [0.4, 0.5) is 4.39 Å². The highest BCUT2D eigenvalue weighted by Gasteiger charge is 2.03. The van der Waals surface area contributed by atoms with Crippen LogP contribution in [0.5, 0.6) is 0 Å². The molecule has 0 fully saturated rings. The molecule has 0 aliphatic carbocycles. The summed E-state index contributed by atoms with van der Waals surface area (Å²) >= 11 is 1.77. The van der Waals surface area contributed by atoms with Gasteiger partial charge in [-0.3, -0.25) is 4.98 Å². The van der Waals surface area contributed by atoms with Crippen molar-refractivity contribution in [1.29, 1.82) is 5.26 Å². The summed E-state index contributed by atoms with van der Waals surface area (Å²) in [5.41, 5.74) is 0.278. The molecule has 0 radical (unpaired) electrons. The van der Waals surface area contributed by atoms with Crippen molar-refractivity contribution in [3.05, 3.63) is 27.3 Å². The standard InChI is InChI=1S/C6H2FIN2/c7-5-3-10-2-4(1-9)6(5)8/h2-3H. The second-order valence-electron chi connectivity index (χ2n) is 1.59. The molecule has 1 aromatic heterocycles. The first-order valence-electron chi connectivity index (χ1n) is 2.45. The third-order valence-corrected chi connectivity index (χ3v) is 2.05. The maximum absolute atomic E-state index is 12.5. The van der Waals surface area contributed by atoms with E-state index in [2.05, 4.69) is 4.98 Å². The lowest BCUT2D eigenvalue weighted by atomic mass is 10.3. The number of nitriles is 1. The van der Waals surface area contributed by atoms with Gasteiger partial charge in [-0.1, -0.05) is 0 Å². The summed E-state index contributed by atoms with van der Waals surface area (Å²) in [6.07, 6.45) is 2.42. The third kappa shape index (κ3) is 1.24. The van der Waals surface area contributed by atoms with Gasteiger partial charge in [0, 0.05) is 6.20 Å². The first-order chi connectivity index (χ1) is 4.75. The number of rotatable bonds is 0.